The van der Waals surface area contributed by atoms with E-state index in [4.69, 9.17) is 9.47 Å². The van der Waals surface area contributed by atoms with E-state index in [-0.39, 0.29) is 33.6 Å². The van der Waals surface area contributed by atoms with Crippen LogP contribution in [0.5, 0.6) is 11.5 Å². The maximum absolute atomic E-state index is 13.9. The first-order chi connectivity index (χ1) is 13.9. The van der Waals surface area contributed by atoms with Gasteiger partial charge in [0, 0.05) is 19.2 Å². The molecule has 1 N–H and O–H groups in total. The third kappa shape index (κ3) is 4.45. The van der Waals surface area contributed by atoms with Crippen LogP contribution in [0.4, 0.5) is 10.1 Å². The van der Waals surface area contributed by atoms with Crippen molar-refractivity contribution >= 4 is 21.6 Å². The molecule has 3 rings (SSSR count). The highest BCUT2D eigenvalue weighted by Gasteiger charge is 2.28. The average molecular weight is 422 g/mol. The average Bonchev–Trinajstić information content (AvgIpc) is 2.74. The maximum atomic E-state index is 13.9. The van der Waals surface area contributed by atoms with Gasteiger partial charge in [-0.3, -0.25) is 9.52 Å². The molecule has 29 heavy (non-hydrogen) atoms. The lowest BCUT2D eigenvalue weighted by Crippen LogP contribution is -2.36. The summed E-state index contributed by atoms with van der Waals surface area (Å²) in [5.41, 5.74) is -0.103. The summed E-state index contributed by atoms with van der Waals surface area (Å²) >= 11 is 0. The van der Waals surface area contributed by atoms with Crippen molar-refractivity contribution in [1.29, 1.82) is 0 Å². The largest absolute Gasteiger partial charge is 0.493 e. The number of ether oxygens (including phenoxy) is 2. The fraction of sp³-hybridized carbons (Fsp3) is 0.350. The van der Waals surface area contributed by atoms with E-state index in [1.165, 1.54) is 44.6 Å². The number of anilines is 1. The molecule has 1 aliphatic heterocycles. The predicted octanol–water partition coefficient (Wildman–Crippen LogP) is 3.27. The Labute approximate surface area is 169 Å². The van der Waals surface area contributed by atoms with E-state index in [0.717, 1.165) is 25.3 Å². The second-order valence-corrected chi connectivity index (χ2v) is 8.33. The molecule has 1 fully saturated rings. The number of rotatable bonds is 6. The minimum Gasteiger partial charge on any atom is -0.493 e. The lowest BCUT2D eigenvalue weighted by molar-refractivity contribution is 0.0720. The van der Waals surface area contributed by atoms with Crippen molar-refractivity contribution in [3.05, 3.63) is 47.8 Å². The van der Waals surface area contributed by atoms with Crippen molar-refractivity contribution < 1.29 is 27.1 Å². The van der Waals surface area contributed by atoms with Gasteiger partial charge >= 0.3 is 0 Å². The highest BCUT2D eigenvalue weighted by molar-refractivity contribution is 7.92. The Bertz CT molecular complexity index is 1000. The van der Waals surface area contributed by atoms with Gasteiger partial charge in [-0.2, -0.15) is 0 Å². The summed E-state index contributed by atoms with van der Waals surface area (Å²) < 4.78 is 52.5. The van der Waals surface area contributed by atoms with Crippen LogP contribution in [0.3, 0.4) is 0 Å². The van der Waals surface area contributed by atoms with Crippen LogP contribution in [0.2, 0.25) is 0 Å². The first kappa shape index (κ1) is 20.9. The van der Waals surface area contributed by atoms with Gasteiger partial charge in [-0.25, -0.2) is 12.8 Å². The predicted molar refractivity (Wildman–Crippen MR) is 107 cm³/mol. The molecule has 7 nitrogen and oxygen atoms in total. The number of nitrogens with one attached hydrogen (secondary N) is 1. The molecule has 0 radical (unpaired) electrons. The van der Waals surface area contributed by atoms with Gasteiger partial charge in [0.25, 0.3) is 15.9 Å². The van der Waals surface area contributed by atoms with Gasteiger partial charge in [-0.1, -0.05) is 12.1 Å². The van der Waals surface area contributed by atoms with Gasteiger partial charge in [0.1, 0.15) is 5.82 Å². The first-order valence-electron chi connectivity index (χ1n) is 9.20. The summed E-state index contributed by atoms with van der Waals surface area (Å²) in [4.78, 5) is 14.5. The van der Waals surface area contributed by atoms with Crippen molar-refractivity contribution in [3.63, 3.8) is 0 Å². The minimum absolute atomic E-state index is 0.0858. The molecule has 0 spiro atoms. The van der Waals surface area contributed by atoms with Crippen LogP contribution in [-0.4, -0.2) is 46.5 Å². The van der Waals surface area contributed by atoms with Gasteiger partial charge in [-0.15, -0.1) is 0 Å². The number of hydrogen-bond donors (Lipinski definition) is 1. The molecule has 2 aromatic carbocycles. The standard InChI is InChI=1S/C20H23FN2O5S/c1-27-18-13-14(29(25,26)22-17-9-5-4-8-16(17)21)12-15(19(18)28-2)20(24)23-10-6-3-7-11-23/h4-5,8-9,12-13,22H,3,6-7,10-11H2,1-2H3. The van der Waals surface area contributed by atoms with E-state index in [2.05, 4.69) is 4.72 Å². The molecule has 9 heteroatoms. The number of halogens is 1. The Morgan fingerprint density at radius 1 is 1.07 bits per heavy atom. The first-order valence-corrected chi connectivity index (χ1v) is 10.7. The fourth-order valence-electron chi connectivity index (χ4n) is 3.27. The van der Waals surface area contributed by atoms with E-state index in [9.17, 15) is 17.6 Å². The van der Waals surface area contributed by atoms with Crippen LogP contribution in [0.1, 0.15) is 29.6 Å². The van der Waals surface area contributed by atoms with Crippen LogP contribution < -0.4 is 14.2 Å². The van der Waals surface area contributed by atoms with Crippen LogP contribution in [0, 0.1) is 5.82 Å². The number of likely N-dealkylation sites (tertiary alicyclic amines) is 1. The lowest BCUT2D eigenvalue weighted by Gasteiger charge is -2.27. The number of nitrogens with zero attached hydrogens (tertiary/aromatic N) is 1. The minimum atomic E-state index is -4.18. The molecule has 0 bridgehead atoms. The van der Waals surface area contributed by atoms with E-state index in [1.54, 1.807) is 4.90 Å². The van der Waals surface area contributed by atoms with Crippen molar-refractivity contribution in [2.24, 2.45) is 0 Å². The number of benzene rings is 2. The molecule has 0 saturated carbocycles. The third-order valence-corrected chi connectivity index (χ3v) is 6.10. The molecule has 1 saturated heterocycles. The second kappa shape index (κ2) is 8.69. The molecule has 0 aromatic heterocycles. The van der Waals surface area contributed by atoms with Gasteiger partial charge in [-0.05, 0) is 37.5 Å². The molecule has 1 amide bonds. The van der Waals surface area contributed by atoms with Crippen molar-refractivity contribution in [2.75, 3.05) is 32.0 Å². The smallest absolute Gasteiger partial charge is 0.262 e. The van der Waals surface area contributed by atoms with E-state index in [0.29, 0.717) is 13.1 Å². The Morgan fingerprint density at radius 3 is 2.38 bits per heavy atom. The number of amides is 1. The maximum Gasteiger partial charge on any atom is 0.262 e. The van der Waals surface area contributed by atoms with Crippen LogP contribution >= 0.6 is 0 Å². The van der Waals surface area contributed by atoms with Gasteiger partial charge in [0.2, 0.25) is 0 Å². The summed E-state index contributed by atoms with van der Waals surface area (Å²) in [6, 6.07) is 7.92. The number of hydrogen-bond acceptors (Lipinski definition) is 5. The number of carbonyl (C=O) groups is 1. The zero-order valence-electron chi connectivity index (χ0n) is 16.3. The fourth-order valence-corrected chi connectivity index (χ4v) is 4.38. The Morgan fingerprint density at radius 2 is 1.76 bits per heavy atom. The highest BCUT2D eigenvalue weighted by atomic mass is 32.2. The Hall–Kier alpha value is -2.81. The molecular formula is C20H23FN2O5S. The number of sulfonamides is 1. The summed E-state index contributed by atoms with van der Waals surface area (Å²) in [5, 5.41) is 0. The zero-order chi connectivity index (χ0) is 21.0. The summed E-state index contributed by atoms with van der Waals surface area (Å²) in [6.45, 7) is 1.18. The normalized spacial score (nSPS) is 14.4. The number of methoxy groups -OCH3 is 2. The number of carbonyl (C=O) groups excluding carboxylic acids is 1. The SMILES string of the molecule is COc1cc(S(=O)(=O)Nc2ccccc2F)cc(C(=O)N2CCCCC2)c1OC. The molecule has 0 atom stereocenters. The topological polar surface area (TPSA) is 84.9 Å². The molecule has 0 aliphatic carbocycles. The van der Waals surface area contributed by atoms with E-state index < -0.39 is 15.8 Å². The molecule has 156 valence electrons. The van der Waals surface area contributed by atoms with Crippen molar-refractivity contribution in [1.82, 2.24) is 4.90 Å². The zero-order valence-corrected chi connectivity index (χ0v) is 17.1. The highest BCUT2D eigenvalue weighted by Crippen LogP contribution is 2.36. The van der Waals surface area contributed by atoms with Crippen molar-refractivity contribution in [2.45, 2.75) is 24.2 Å². The molecule has 2 aromatic rings. The van der Waals surface area contributed by atoms with Crippen molar-refractivity contribution in [3.8, 4) is 11.5 Å². The number of piperidine rings is 1. The second-order valence-electron chi connectivity index (χ2n) is 6.64. The molecule has 1 aliphatic rings. The van der Waals surface area contributed by atoms with Gasteiger partial charge in [0.15, 0.2) is 11.5 Å². The lowest BCUT2D eigenvalue weighted by atomic mass is 10.1. The summed E-state index contributed by atoms with van der Waals surface area (Å²) in [7, 11) is -1.44. The van der Waals surface area contributed by atoms with Crippen LogP contribution in [0.15, 0.2) is 41.3 Å². The van der Waals surface area contributed by atoms with Crippen LogP contribution in [-0.2, 0) is 10.0 Å². The third-order valence-electron chi connectivity index (χ3n) is 4.75. The molecular weight excluding hydrogens is 399 g/mol. The van der Waals surface area contributed by atoms with E-state index >= 15 is 0 Å². The molecule has 0 unspecified atom stereocenters. The van der Waals surface area contributed by atoms with Gasteiger partial charge in [0.05, 0.1) is 30.4 Å². The Balaban J connectivity index is 2.05. The van der Waals surface area contributed by atoms with E-state index in [1.807, 2.05) is 0 Å². The number of para-hydroxylation sites is 1. The van der Waals surface area contributed by atoms with Gasteiger partial charge < -0.3 is 14.4 Å². The van der Waals surface area contributed by atoms with Crippen LogP contribution in [0.25, 0.3) is 0 Å². The Kier molecular flexibility index (Phi) is 6.26. The molecule has 1 heterocycles. The quantitative estimate of drug-likeness (QED) is 0.772. The monoisotopic (exact) mass is 422 g/mol. The summed E-state index contributed by atoms with van der Waals surface area (Å²) in [5.74, 6) is -0.777. The summed E-state index contributed by atoms with van der Waals surface area (Å²) in [6.07, 6.45) is 2.82.